The van der Waals surface area contributed by atoms with E-state index in [1.165, 1.54) is 4.88 Å². The number of thiophene rings is 1. The van der Waals surface area contributed by atoms with Crippen molar-refractivity contribution < 1.29 is 9.84 Å². The number of benzene rings is 1. The van der Waals surface area contributed by atoms with Gasteiger partial charge in [-0.15, -0.1) is 11.3 Å². The number of fused-ring (bicyclic) bond motifs is 1. The van der Waals surface area contributed by atoms with E-state index in [1.807, 2.05) is 24.3 Å². The van der Waals surface area contributed by atoms with Crippen LogP contribution in [-0.4, -0.2) is 15.1 Å². The average Bonchev–Trinajstić information content (AvgIpc) is 2.90. The predicted octanol–water partition coefficient (Wildman–Crippen LogP) is 3.12. The molecule has 2 aromatic heterocycles. The number of rotatable bonds is 4. The maximum Gasteiger partial charge on any atom is 0.232 e. The molecule has 6 heteroatoms. The van der Waals surface area contributed by atoms with E-state index in [0.29, 0.717) is 11.6 Å². The van der Waals surface area contributed by atoms with Gasteiger partial charge in [0.15, 0.2) is 0 Å². The molecule has 0 bridgehead atoms. The molecular weight excluding hydrogens is 286 g/mol. The molecule has 0 spiro atoms. The van der Waals surface area contributed by atoms with E-state index in [9.17, 15) is 5.11 Å². The second-order valence-electron chi connectivity index (χ2n) is 4.58. The van der Waals surface area contributed by atoms with Gasteiger partial charge in [-0.3, -0.25) is 0 Å². The number of nitrogens with zero attached hydrogens (tertiary/aromatic N) is 2. The first kappa shape index (κ1) is 13.8. The molecule has 5 nitrogen and oxygen atoms in total. The molecule has 0 atom stereocenters. The van der Waals surface area contributed by atoms with Crippen molar-refractivity contribution in [2.45, 2.75) is 20.0 Å². The summed E-state index contributed by atoms with van der Waals surface area (Å²) in [5.41, 5.74) is 6.53. The first-order valence-electron chi connectivity index (χ1n) is 6.63. The second-order valence-corrected chi connectivity index (χ2v) is 5.69. The number of hydrogen-bond acceptors (Lipinski definition) is 6. The van der Waals surface area contributed by atoms with Gasteiger partial charge in [0.2, 0.25) is 11.8 Å². The van der Waals surface area contributed by atoms with Gasteiger partial charge in [-0.1, -0.05) is 19.1 Å². The van der Waals surface area contributed by atoms with Crippen molar-refractivity contribution in [3.63, 3.8) is 0 Å². The number of anilines is 1. The van der Waals surface area contributed by atoms with Crippen LogP contribution in [0, 0.1) is 0 Å². The molecule has 21 heavy (non-hydrogen) atoms. The fraction of sp³-hybridized carbons (Fsp3) is 0.200. The molecule has 108 valence electrons. The number of ether oxygens (including phenoxy) is 1. The minimum Gasteiger partial charge on any atom is -0.438 e. The molecular formula is C15H15N3O2S. The standard InChI is InChI=1S/C15H15N3O2S/c1-2-11-7-12-13(17-15(16)18-14(12)21-11)20-10-5-3-4-9(6-10)8-19/h3-7,19H,2,8H2,1H3,(H2,16,17,18). The minimum absolute atomic E-state index is 0.0308. The van der Waals surface area contributed by atoms with Crippen LogP contribution in [0.5, 0.6) is 11.6 Å². The smallest absolute Gasteiger partial charge is 0.232 e. The second kappa shape index (κ2) is 5.67. The van der Waals surface area contributed by atoms with Crippen LogP contribution in [-0.2, 0) is 13.0 Å². The molecule has 0 aliphatic heterocycles. The fourth-order valence-corrected chi connectivity index (χ4v) is 3.00. The first-order valence-corrected chi connectivity index (χ1v) is 7.45. The Kier molecular flexibility index (Phi) is 3.72. The topological polar surface area (TPSA) is 81.3 Å². The van der Waals surface area contributed by atoms with E-state index in [4.69, 9.17) is 10.5 Å². The highest BCUT2D eigenvalue weighted by Crippen LogP contribution is 2.33. The van der Waals surface area contributed by atoms with Crippen molar-refractivity contribution in [2.75, 3.05) is 5.73 Å². The van der Waals surface area contributed by atoms with Crippen LogP contribution in [0.4, 0.5) is 5.95 Å². The van der Waals surface area contributed by atoms with Gasteiger partial charge < -0.3 is 15.6 Å². The summed E-state index contributed by atoms with van der Waals surface area (Å²) in [4.78, 5) is 10.5. The maximum absolute atomic E-state index is 9.18. The van der Waals surface area contributed by atoms with Gasteiger partial charge in [-0.25, -0.2) is 4.98 Å². The summed E-state index contributed by atoms with van der Waals surface area (Å²) >= 11 is 1.59. The zero-order chi connectivity index (χ0) is 14.8. The summed E-state index contributed by atoms with van der Waals surface area (Å²) in [5.74, 6) is 1.26. The first-order chi connectivity index (χ1) is 10.2. The molecule has 0 saturated carbocycles. The third-order valence-corrected chi connectivity index (χ3v) is 4.24. The van der Waals surface area contributed by atoms with Gasteiger partial charge in [0.25, 0.3) is 0 Å². The van der Waals surface area contributed by atoms with Crippen LogP contribution in [0.15, 0.2) is 30.3 Å². The van der Waals surface area contributed by atoms with Crippen molar-refractivity contribution in [1.29, 1.82) is 0 Å². The Morgan fingerprint density at radius 3 is 2.90 bits per heavy atom. The van der Waals surface area contributed by atoms with E-state index in [0.717, 1.165) is 22.2 Å². The summed E-state index contributed by atoms with van der Waals surface area (Å²) in [6.07, 6.45) is 0.931. The van der Waals surface area contributed by atoms with E-state index < -0.39 is 0 Å². The summed E-state index contributed by atoms with van der Waals surface area (Å²) in [6, 6.07) is 9.28. The SMILES string of the molecule is CCc1cc2c(Oc3cccc(CO)c3)nc(N)nc2s1. The highest BCUT2D eigenvalue weighted by Gasteiger charge is 2.12. The zero-order valence-electron chi connectivity index (χ0n) is 11.5. The van der Waals surface area contributed by atoms with E-state index in [1.54, 1.807) is 17.4 Å². The van der Waals surface area contributed by atoms with Gasteiger partial charge >= 0.3 is 0 Å². The number of hydrogen-bond donors (Lipinski definition) is 2. The summed E-state index contributed by atoms with van der Waals surface area (Å²) in [6.45, 7) is 2.06. The molecule has 0 aliphatic carbocycles. The molecule has 3 aromatic rings. The number of nitrogen functional groups attached to an aromatic ring is 1. The predicted molar refractivity (Wildman–Crippen MR) is 83.6 cm³/mol. The molecule has 1 aromatic carbocycles. The Morgan fingerprint density at radius 2 is 2.14 bits per heavy atom. The van der Waals surface area contributed by atoms with Gasteiger partial charge in [0.1, 0.15) is 10.6 Å². The van der Waals surface area contributed by atoms with Crippen molar-refractivity contribution in [2.24, 2.45) is 0 Å². The molecule has 0 radical (unpaired) electrons. The Hall–Kier alpha value is -2.18. The number of aliphatic hydroxyl groups excluding tert-OH is 1. The van der Waals surface area contributed by atoms with Crippen molar-refractivity contribution in [3.05, 3.63) is 40.8 Å². The van der Waals surface area contributed by atoms with Gasteiger partial charge in [-0.2, -0.15) is 4.98 Å². The molecule has 2 heterocycles. The molecule has 0 unspecified atom stereocenters. The summed E-state index contributed by atoms with van der Waals surface area (Å²) in [7, 11) is 0. The molecule has 0 saturated heterocycles. The molecule has 3 rings (SSSR count). The van der Waals surface area contributed by atoms with Crippen molar-refractivity contribution >= 4 is 27.5 Å². The third-order valence-electron chi connectivity index (χ3n) is 3.07. The van der Waals surface area contributed by atoms with Crippen LogP contribution < -0.4 is 10.5 Å². The van der Waals surface area contributed by atoms with Crippen LogP contribution >= 0.6 is 11.3 Å². The van der Waals surface area contributed by atoms with E-state index >= 15 is 0 Å². The van der Waals surface area contributed by atoms with Gasteiger partial charge in [0.05, 0.1) is 12.0 Å². The zero-order valence-corrected chi connectivity index (χ0v) is 12.4. The van der Waals surface area contributed by atoms with Crippen molar-refractivity contribution in [1.82, 2.24) is 9.97 Å². The quantitative estimate of drug-likeness (QED) is 0.773. The normalized spacial score (nSPS) is 11.0. The molecule has 0 fully saturated rings. The minimum atomic E-state index is -0.0308. The monoisotopic (exact) mass is 301 g/mol. The van der Waals surface area contributed by atoms with Crippen LogP contribution in [0.25, 0.3) is 10.2 Å². The Morgan fingerprint density at radius 1 is 1.29 bits per heavy atom. The third kappa shape index (κ3) is 2.81. The van der Waals surface area contributed by atoms with Gasteiger partial charge in [-0.05, 0) is 30.2 Å². The van der Waals surface area contributed by atoms with Crippen LogP contribution in [0.2, 0.25) is 0 Å². The maximum atomic E-state index is 9.18. The number of aliphatic hydroxyl groups is 1. The van der Waals surface area contributed by atoms with E-state index in [2.05, 4.69) is 16.9 Å². The van der Waals surface area contributed by atoms with Crippen molar-refractivity contribution in [3.8, 4) is 11.6 Å². The fourth-order valence-electron chi connectivity index (χ4n) is 2.03. The lowest BCUT2D eigenvalue weighted by Crippen LogP contribution is -1.97. The Balaban J connectivity index is 2.04. The Labute approximate surface area is 126 Å². The number of aryl methyl sites for hydroxylation is 1. The highest BCUT2D eigenvalue weighted by atomic mass is 32.1. The average molecular weight is 301 g/mol. The van der Waals surface area contributed by atoms with E-state index in [-0.39, 0.29) is 12.6 Å². The molecule has 0 amide bonds. The molecule has 3 N–H and O–H groups in total. The lowest BCUT2D eigenvalue weighted by Gasteiger charge is -2.07. The number of nitrogens with two attached hydrogens (primary N) is 1. The lowest BCUT2D eigenvalue weighted by molar-refractivity contribution is 0.281. The lowest BCUT2D eigenvalue weighted by atomic mass is 10.2. The Bertz CT molecular complexity index is 786. The summed E-state index contributed by atoms with van der Waals surface area (Å²) < 4.78 is 5.84. The number of aromatic nitrogens is 2. The highest BCUT2D eigenvalue weighted by molar-refractivity contribution is 7.18. The summed E-state index contributed by atoms with van der Waals surface area (Å²) in [5, 5.41) is 10.0. The van der Waals surface area contributed by atoms with Crippen LogP contribution in [0.3, 0.4) is 0 Å². The molecule has 0 aliphatic rings. The largest absolute Gasteiger partial charge is 0.438 e. The van der Waals surface area contributed by atoms with Gasteiger partial charge in [0, 0.05) is 4.88 Å². The van der Waals surface area contributed by atoms with Crippen LogP contribution in [0.1, 0.15) is 17.4 Å².